The molecule has 0 bridgehead atoms. The van der Waals surface area contributed by atoms with Crippen LogP contribution in [0.3, 0.4) is 0 Å². The van der Waals surface area contributed by atoms with Gasteiger partial charge in [-0.15, -0.1) is 0 Å². The summed E-state index contributed by atoms with van der Waals surface area (Å²) in [5, 5.41) is 2.27. The van der Waals surface area contributed by atoms with E-state index in [0.717, 1.165) is 39.0 Å². The zero-order valence-corrected chi connectivity index (χ0v) is 25.5. The molecule has 2 heteroatoms. The summed E-state index contributed by atoms with van der Waals surface area (Å²) in [5.41, 5.74) is 15.7. The lowest BCUT2D eigenvalue weighted by Gasteiger charge is -2.29. The van der Waals surface area contributed by atoms with Crippen molar-refractivity contribution in [3.05, 3.63) is 150 Å². The van der Waals surface area contributed by atoms with Crippen LogP contribution in [0.1, 0.15) is 49.9 Å². The highest BCUT2D eigenvalue weighted by Crippen LogP contribution is 2.53. The van der Waals surface area contributed by atoms with Gasteiger partial charge in [0.05, 0.1) is 5.69 Å². The molecule has 2 aliphatic carbocycles. The Kier molecular flexibility index (Phi) is 5.05. The smallest absolute Gasteiger partial charge is 0.159 e. The fourth-order valence-electron chi connectivity index (χ4n) is 8.01. The molecule has 212 valence electrons. The summed E-state index contributed by atoms with van der Waals surface area (Å²) in [4.78, 5) is 2.40. The van der Waals surface area contributed by atoms with Crippen molar-refractivity contribution in [3.63, 3.8) is 0 Å². The molecule has 9 rings (SSSR count). The highest BCUT2D eigenvalue weighted by molar-refractivity contribution is 6.10. The number of furan rings is 1. The molecule has 6 aromatic carbocycles. The van der Waals surface area contributed by atoms with Crippen LogP contribution >= 0.6 is 0 Å². The Hall–Kier alpha value is -5.08. The van der Waals surface area contributed by atoms with E-state index in [1.807, 2.05) is 6.07 Å². The van der Waals surface area contributed by atoms with Crippen molar-refractivity contribution in [1.82, 2.24) is 0 Å². The fourth-order valence-corrected chi connectivity index (χ4v) is 8.01. The van der Waals surface area contributed by atoms with E-state index in [2.05, 4.69) is 154 Å². The minimum absolute atomic E-state index is 0.0442. The van der Waals surface area contributed by atoms with E-state index < -0.39 is 0 Å². The van der Waals surface area contributed by atoms with Crippen molar-refractivity contribution in [1.29, 1.82) is 0 Å². The molecule has 0 radical (unpaired) electrons. The lowest BCUT2D eigenvalue weighted by Crippen LogP contribution is -2.17. The van der Waals surface area contributed by atoms with Gasteiger partial charge in [0.2, 0.25) is 0 Å². The minimum atomic E-state index is -0.0973. The summed E-state index contributed by atoms with van der Waals surface area (Å²) in [5.74, 6) is 0. The van der Waals surface area contributed by atoms with Crippen LogP contribution < -0.4 is 4.90 Å². The van der Waals surface area contributed by atoms with E-state index >= 15 is 0 Å². The number of rotatable bonds is 3. The van der Waals surface area contributed by atoms with Gasteiger partial charge in [0.15, 0.2) is 5.58 Å². The van der Waals surface area contributed by atoms with E-state index in [9.17, 15) is 0 Å². The van der Waals surface area contributed by atoms with E-state index in [-0.39, 0.29) is 10.8 Å². The number of nitrogens with zero attached hydrogens (tertiary/aromatic N) is 1. The molecule has 2 aliphatic rings. The quantitative estimate of drug-likeness (QED) is 0.211. The third-order valence-electron chi connectivity index (χ3n) is 10.3. The Morgan fingerprint density at radius 3 is 1.82 bits per heavy atom. The number of hydrogen-bond donors (Lipinski definition) is 0. The van der Waals surface area contributed by atoms with Gasteiger partial charge in [-0.2, -0.15) is 0 Å². The number of benzene rings is 6. The summed E-state index contributed by atoms with van der Waals surface area (Å²) < 4.78 is 6.63. The van der Waals surface area contributed by atoms with E-state index in [1.54, 1.807) is 0 Å². The molecule has 44 heavy (non-hydrogen) atoms. The van der Waals surface area contributed by atoms with Crippen molar-refractivity contribution in [2.75, 3.05) is 4.90 Å². The lowest BCUT2D eigenvalue weighted by atomic mass is 9.82. The Morgan fingerprint density at radius 1 is 0.455 bits per heavy atom. The van der Waals surface area contributed by atoms with Crippen molar-refractivity contribution >= 4 is 39.0 Å². The van der Waals surface area contributed by atoms with Gasteiger partial charge in [-0.05, 0) is 80.9 Å². The third-order valence-corrected chi connectivity index (χ3v) is 10.3. The molecule has 0 saturated carbocycles. The van der Waals surface area contributed by atoms with Gasteiger partial charge in [0.25, 0.3) is 0 Å². The molecule has 0 N–H and O–H groups in total. The maximum atomic E-state index is 6.63. The SMILES string of the molecule is CC1(C)c2ccccc2-c2cc(N(c3ccc4c(c3)C(C)(C)c3ccccc3-4)c3cccc4c3oc3ccccc34)ccc21. The monoisotopic (exact) mass is 567 g/mol. The second-order valence-corrected chi connectivity index (χ2v) is 13.4. The van der Waals surface area contributed by atoms with Crippen molar-refractivity contribution in [2.45, 2.75) is 38.5 Å². The lowest BCUT2D eigenvalue weighted by molar-refractivity contribution is 0.659. The average Bonchev–Trinajstić information content (AvgIpc) is 3.62. The largest absolute Gasteiger partial charge is 0.454 e. The molecule has 1 heterocycles. The fraction of sp³-hybridized carbons (Fsp3) is 0.143. The molecule has 0 fully saturated rings. The Bertz CT molecular complexity index is 2300. The van der Waals surface area contributed by atoms with Crippen molar-refractivity contribution in [2.24, 2.45) is 0 Å². The summed E-state index contributed by atoms with van der Waals surface area (Å²) in [6.45, 7) is 9.37. The van der Waals surface area contributed by atoms with E-state index in [4.69, 9.17) is 4.42 Å². The molecular weight excluding hydrogens is 534 g/mol. The van der Waals surface area contributed by atoms with Crippen LogP contribution in [0.15, 0.2) is 132 Å². The second-order valence-electron chi connectivity index (χ2n) is 13.4. The normalized spacial score (nSPS) is 15.2. The Labute approximate surface area is 258 Å². The standard InChI is InChI=1S/C42H33NO/c1-41(2)35-17-9-6-13-29(35)33-24-26(21-23-36(33)41)43(38-18-11-15-32-31-14-7-10-19-39(31)44-40(32)38)27-20-22-30-28-12-5-8-16-34(28)42(3,4)37(30)25-27/h5-25H,1-4H3. The maximum Gasteiger partial charge on any atom is 0.159 e. The summed E-state index contributed by atoms with van der Waals surface area (Å²) in [6.07, 6.45) is 0. The molecule has 0 unspecified atom stereocenters. The first kappa shape index (κ1) is 25.4. The first-order chi connectivity index (χ1) is 21.3. The second kappa shape index (κ2) is 8.74. The van der Waals surface area contributed by atoms with Gasteiger partial charge >= 0.3 is 0 Å². The van der Waals surface area contributed by atoms with E-state index in [0.29, 0.717) is 0 Å². The third kappa shape index (κ3) is 3.31. The number of anilines is 3. The molecule has 1 aromatic heterocycles. The zero-order chi connectivity index (χ0) is 29.8. The first-order valence-corrected chi connectivity index (χ1v) is 15.5. The van der Waals surface area contributed by atoms with Crippen LogP contribution in [0.25, 0.3) is 44.2 Å². The summed E-state index contributed by atoms with van der Waals surface area (Å²) in [6, 6.07) is 46.6. The molecule has 7 aromatic rings. The molecule has 0 atom stereocenters. The van der Waals surface area contributed by atoms with Gasteiger partial charge in [-0.1, -0.05) is 119 Å². The van der Waals surface area contributed by atoms with Crippen molar-refractivity contribution in [3.8, 4) is 22.3 Å². The van der Waals surface area contributed by atoms with Crippen LogP contribution in [0, 0.1) is 0 Å². The highest BCUT2D eigenvalue weighted by atomic mass is 16.3. The van der Waals surface area contributed by atoms with E-state index in [1.165, 1.54) is 44.5 Å². The molecule has 0 spiro atoms. The van der Waals surface area contributed by atoms with Gasteiger partial charge in [-0.25, -0.2) is 0 Å². The molecule has 2 nitrogen and oxygen atoms in total. The molecular formula is C42H33NO. The first-order valence-electron chi connectivity index (χ1n) is 15.5. The minimum Gasteiger partial charge on any atom is -0.454 e. The maximum absolute atomic E-state index is 6.63. The average molecular weight is 568 g/mol. The topological polar surface area (TPSA) is 16.4 Å². The Balaban J connectivity index is 1.31. The number of para-hydroxylation sites is 2. The highest BCUT2D eigenvalue weighted by Gasteiger charge is 2.37. The van der Waals surface area contributed by atoms with Gasteiger partial charge in [0, 0.05) is 33.0 Å². The summed E-state index contributed by atoms with van der Waals surface area (Å²) >= 11 is 0. The van der Waals surface area contributed by atoms with Crippen LogP contribution in [0.5, 0.6) is 0 Å². The zero-order valence-electron chi connectivity index (χ0n) is 25.5. The van der Waals surface area contributed by atoms with Crippen LogP contribution in [0.2, 0.25) is 0 Å². The predicted octanol–water partition coefficient (Wildman–Crippen LogP) is 11.7. The summed E-state index contributed by atoms with van der Waals surface area (Å²) in [7, 11) is 0. The van der Waals surface area contributed by atoms with Crippen LogP contribution in [-0.2, 0) is 10.8 Å². The van der Waals surface area contributed by atoms with Crippen LogP contribution in [0.4, 0.5) is 17.1 Å². The van der Waals surface area contributed by atoms with Gasteiger partial charge < -0.3 is 9.32 Å². The molecule has 0 aliphatic heterocycles. The van der Waals surface area contributed by atoms with Crippen LogP contribution in [-0.4, -0.2) is 0 Å². The van der Waals surface area contributed by atoms with Crippen molar-refractivity contribution < 1.29 is 4.42 Å². The molecule has 0 amide bonds. The predicted molar refractivity (Wildman–Crippen MR) is 184 cm³/mol. The molecule has 0 saturated heterocycles. The Morgan fingerprint density at radius 2 is 1.02 bits per heavy atom. The number of fused-ring (bicyclic) bond motifs is 9. The number of hydrogen-bond acceptors (Lipinski definition) is 2. The van der Waals surface area contributed by atoms with Gasteiger partial charge in [0.1, 0.15) is 5.58 Å². The van der Waals surface area contributed by atoms with Gasteiger partial charge in [-0.3, -0.25) is 0 Å².